The normalized spacial score (nSPS) is 14.6. The molecule has 0 heterocycles. The average molecular weight is 430 g/mol. The Hall–Kier alpha value is -2.13. The molecule has 2 N–H and O–H groups in total. The van der Waals surface area contributed by atoms with E-state index in [9.17, 15) is 18.0 Å². The number of rotatable bonds is 7. The molecule has 2 unspecified atom stereocenters. The monoisotopic (exact) mass is 429 g/mol. The lowest BCUT2D eigenvalue weighted by Crippen LogP contribution is -2.40. The SMILES string of the molecule is CC(C)(C)OC(=O)CC(N)C(C(=O)OC(C)(C)C)c1ccc(OS(C)(=O)=O)cc1. The van der Waals surface area contributed by atoms with E-state index >= 15 is 0 Å². The highest BCUT2D eigenvalue weighted by Crippen LogP contribution is 2.27. The highest BCUT2D eigenvalue weighted by atomic mass is 32.2. The molecule has 0 aromatic heterocycles. The predicted octanol–water partition coefficient (Wildman–Crippen LogP) is 2.51. The van der Waals surface area contributed by atoms with Gasteiger partial charge in [0.15, 0.2) is 0 Å². The molecule has 0 saturated carbocycles. The van der Waals surface area contributed by atoms with Crippen molar-refractivity contribution in [3.05, 3.63) is 29.8 Å². The van der Waals surface area contributed by atoms with Gasteiger partial charge in [-0.2, -0.15) is 8.42 Å². The zero-order valence-corrected chi connectivity index (χ0v) is 18.8. The molecule has 1 aromatic carbocycles. The van der Waals surface area contributed by atoms with E-state index in [-0.39, 0.29) is 12.2 Å². The molecule has 0 amide bonds. The molecular weight excluding hydrogens is 398 g/mol. The fourth-order valence-electron chi connectivity index (χ4n) is 2.52. The van der Waals surface area contributed by atoms with Crippen LogP contribution >= 0.6 is 0 Å². The Labute approximate surface area is 172 Å². The Morgan fingerprint density at radius 2 is 1.45 bits per heavy atom. The van der Waals surface area contributed by atoms with Crippen LogP contribution in [0, 0.1) is 0 Å². The van der Waals surface area contributed by atoms with Crippen molar-refractivity contribution in [2.75, 3.05) is 6.26 Å². The van der Waals surface area contributed by atoms with Crippen molar-refractivity contribution in [2.45, 2.75) is 71.1 Å². The Balaban J connectivity index is 3.14. The summed E-state index contributed by atoms with van der Waals surface area (Å²) in [5.41, 5.74) is 5.24. The lowest BCUT2D eigenvalue weighted by atomic mass is 9.89. The van der Waals surface area contributed by atoms with E-state index in [4.69, 9.17) is 19.4 Å². The van der Waals surface area contributed by atoms with E-state index in [2.05, 4.69) is 0 Å². The van der Waals surface area contributed by atoms with Gasteiger partial charge in [0.05, 0.1) is 18.6 Å². The van der Waals surface area contributed by atoms with Crippen LogP contribution in [-0.4, -0.2) is 43.9 Å². The molecule has 0 aliphatic rings. The molecule has 29 heavy (non-hydrogen) atoms. The van der Waals surface area contributed by atoms with Crippen molar-refractivity contribution in [1.82, 2.24) is 0 Å². The van der Waals surface area contributed by atoms with Gasteiger partial charge in [0, 0.05) is 6.04 Å². The third-order valence-electron chi connectivity index (χ3n) is 3.40. The van der Waals surface area contributed by atoms with Gasteiger partial charge in [-0.1, -0.05) is 12.1 Å². The minimum absolute atomic E-state index is 0.0971. The Morgan fingerprint density at radius 1 is 0.966 bits per heavy atom. The van der Waals surface area contributed by atoms with Crippen LogP contribution in [0.4, 0.5) is 0 Å². The molecule has 0 aliphatic heterocycles. The Kier molecular flexibility index (Phi) is 7.84. The molecule has 2 atom stereocenters. The number of nitrogens with two attached hydrogens (primary N) is 1. The van der Waals surface area contributed by atoms with Crippen LogP contribution < -0.4 is 9.92 Å². The average Bonchev–Trinajstić information content (AvgIpc) is 2.43. The quantitative estimate of drug-likeness (QED) is 0.518. The first-order valence-electron chi connectivity index (χ1n) is 9.16. The summed E-state index contributed by atoms with van der Waals surface area (Å²) in [5.74, 6) is -1.98. The van der Waals surface area contributed by atoms with Crippen LogP contribution in [-0.2, 0) is 29.2 Å². The van der Waals surface area contributed by atoms with E-state index in [1.807, 2.05) is 0 Å². The van der Waals surface area contributed by atoms with E-state index < -0.39 is 45.2 Å². The van der Waals surface area contributed by atoms with Crippen molar-refractivity contribution < 1.29 is 31.7 Å². The second-order valence-corrected chi connectivity index (χ2v) is 10.4. The van der Waals surface area contributed by atoms with Gasteiger partial charge in [-0.25, -0.2) is 0 Å². The first-order chi connectivity index (χ1) is 13.0. The number of ether oxygens (including phenoxy) is 2. The smallest absolute Gasteiger partial charge is 0.315 e. The topological polar surface area (TPSA) is 122 Å². The number of benzene rings is 1. The Morgan fingerprint density at radius 3 is 1.86 bits per heavy atom. The minimum atomic E-state index is -3.68. The summed E-state index contributed by atoms with van der Waals surface area (Å²) in [5, 5.41) is 0. The zero-order chi connectivity index (χ0) is 22.6. The molecule has 9 heteroatoms. The number of hydrogen-bond donors (Lipinski definition) is 1. The van der Waals surface area contributed by atoms with Crippen molar-refractivity contribution in [1.29, 1.82) is 0 Å². The van der Waals surface area contributed by atoms with Crippen molar-refractivity contribution >= 4 is 22.1 Å². The summed E-state index contributed by atoms with van der Waals surface area (Å²) in [4.78, 5) is 25.0. The number of carbonyl (C=O) groups is 2. The molecular formula is C20H31NO7S. The number of esters is 2. The highest BCUT2D eigenvalue weighted by molar-refractivity contribution is 7.86. The fraction of sp³-hybridized carbons (Fsp3) is 0.600. The maximum absolute atomic E-state index is 12.8. The molecule has 0 saturated heterocycles. The molecule has 164 valence electrons. The van der Waals surface area contributed by atoms with Gasteiger partial charge < -0.3 is 19.4 Å². The highest BCUT2D eigenvalue weighted by Gasteiger charge is 2.34. The van der Waals surface area contributed by atoms with E-state index in [1.54, 1.807) is 41.5 Å². The standard InChI is InChI=1S/C20H31NO7S/c1-19(2,3)26-16(22)12-15(21)17(18(23)27-20(4,5)6)13-8-10-14(11-9-13)28-29(7,24)25/h8-11,15,17H,12,21H2,1-7H3. The summed E-state index contributed by atoms with van der Waals surface area (Å²) in [6.07, 6.45) is 0.740. The van der Waals surface area contributed by atoms with E-state index in [1.165, 1.54) is 24.3 Å². The van der Waals surface area contributed by atoms with E-state index in [0.717, 1.165) is 6.26 Å². The summed E-state index contributed by atoms with van der Waals surface area (Å²) in [6.45, 7) is 10.4. The maximum atomic E-state index is 12.8. The molecule has 8 nitrogen and oxygen atoms in total. The second kappa shape index (κ2) is 9.13. The van der Waals surface area contributed by atoms with E-state index in [0.29, 0.717) is 5.56 Å². The summed E-state index contributed by atoms with van der Waals surface area (Å²) in [7, 11) is -3.68. The number of carbonyl (C=O) groups excluding carboxylic acids is 2. The first kappa shape index (κ1) is 24.9. The molecule has 1 rings (SSSR count). The van der Waals surface area contributed by atoms with Gasteiger partial charge >= 0.3 is 22.1 Å². The number of hydrogen-bond acceptors (Lipinski definition) is 8. The van der Waals surface area contributed by atoms with Crippen LogP contribution in [0.25, 0.3) is 0 Å². The van der Waals surface area contributed by atoms with Gasteiger partial charge in [-0.15, -0.1) is 0 Å². The van der Waals surface area contributed by atoms with Crippen LogP contribution in [0.2, 0.25) is 0 Å². The van der Waals surface area contributed by atoms with Crippen LogP contribution in [0.1, 0.15) is 59.4 Å². The van der Waals surface area contributed by atoms with Gasteiger partial charge in [0.1, 0.15) is 17.0 Å². The van der Waals surface area contributed by atoms with Crippen molar-refractivity contribution in [2.24, 2.45) is 5.73 Å². The third kappa shape index (κ3) is 9.76. The maximum Gasteiger partial charge on any atom is 0.315 e. The van der Waals surface area contributed by atoms with Crippen molar-refractivity contribution in [3.8, 4) is 5.75 Å². The summed E-state index contributed by atoms with van der Waals surface area (Å²) >= 11 is 0. The Bertz CT molecular complexity index is 818. The second-order valence-electron chi connectivity index (χ2n) is 8.82. The lowest BCUT2D eigenvalue weighted by molar-refractivity contribution is -0.158. The fourth-order valence-corrected chi connectivity index (χ4v) is 2.98. The van der Waals surface area contributed by atoms with Crippen LogP contribution in [0.3, 0.4) is 0 Å². The molecule has 0 spiro atoms. The molecule has 0 radical (unpaired) electrons. The van der Waals surface area contributed by atoms with Gasteiger partial charge in [-0.3, -0.25) is 9.59 Å². The molecule has 0 aliphatic carbocycles. The van der Waals surface area contributed by atoms with Gasteiger partial charge in [0.25, 0.3) is 0 Å². The lowest BCUT2D eigenvalue weighted by Gasteiger charge is -2.28. The molecule has 1 aromatic rings. The predicted molar refractivity (Wildman–Crippen MR) is 109 cm³/mol. The van der Waals surface area contributed by atoms with Crippen LogP contribution in [0.15, 0.2) is 24.3 Å². The summed E-state index contributed by atoms with van der Waals surface area (Å²) in [6, 6.07) is 4.96. The third-order valence-corrected chi connectivity index (χ3v) is 3.89. The van der Waals surface area contributed by atoms with Gasteiger partial charge in [0.2, 0.25) is 0 Å². The van der Waals surface area contributed by atoms with Crippen molar-refractivity contribution in [3.63, 3.8) is 0 Å². The zero-order valence-electron chi connectivity index (χ0n) is 18.0. The van der Waals surface area contributed by atoms with Gasteiger partial charge in [-0.05, 0) is 59.2 Å². The minimum Gasteiger partial charge on any atom is -0.460 e. The molecule has 0 bridgehead atoms. The largest absolute Gasteiger partial charge is 0.460 e. The first-order valence-corrected chi connectivity index (χ1v) is 11.0. The van der Waals surface area contributed by atoms with Crippen LogP contribution in [0.5, 0.6) is 5.75 Å². The molecule has 0 fully saturated rings. The summed E-state index contributed by atoms with van der Waals surface area (Å²) < 4.78 is 38.1.